The van der Waals surface area contributed by atoms with E-state index in [-0.39, 0.29) is 6.04 Å². The minimum absolute atomic E-state index is 0.350. The number of esters is 1. The fourth-order valence-corrected chi connectivity index (χ4v) is 0.351. The Labute approximate surface area is 54.2 Å². The standard InChI is InChI=1S/C5H12N2O2/c1-3(6)4(7)5(8)9-2/h3-4H,6-7H2,1-2H3/t3-,4-/m0/s1. The summed E-state index contributed by atoms with van der Waals surface area (Å²) in [6.07, 6.45) is 0. The molecule has 0 amide bonds. The van der Waals surface area contributed by atoms with Gasteiger partial charge in [0.1, 0.15) is 6.04 Å². The molecule has 4 N–H and O–H groups in total. The van der Waals surface area contributed by atoms with Crippen molar-refractivity contribution in [1.29, 1.82) is 0 Å². The maximum atomic E-state index is 10.5. The molecule has 0 heterocycles. The predicted octanol–water partition coefficient (Wildman–Crippen LogP) is -1.17. The van der Waals surface area contributed by atoms with Crippen molar-refractivity contribution in [2.24, 2.45) is 11.5 Å². The predicted molar refractivity (Wildman–Crippen MR) is 33.6 cm³/mol. The Balaban J connectivity index is 3.72. The Morgan fingerprint density at radius 3 is 2.11 bits per heavy atom. The summed E-state index contributed by atoms with van der Waals surface area (Å²) in [6.45, 7) is 1.65. The maximum Gasteiger partial charge on any atom is 0.324 e. The van der Waals surface area contributed by atoms with Gasteiger partial charge < -0.3 is 16.2 Å². The van der Waals surface area contributed by atoms with Crippen LogP contribution in [0.2, 0.25) is 0 Å². The van der Waals surface area contributed by atoms with Crippen molar-refractivity contribution < 1.29 is 9.53 Å². The van der Waals surface area contributed by atoms with Crippen LogP contribution in [0.4, 0.5) is 0 Å². The number of carbonyl (C=O) groups is 1. The Morgan fingerprint density at radius 2 is 2.00 bits per heavy atom. The molecule has 0 bridgehead atoms. The number of hydrogen-bond acceptors (Lipinski definition) is 4. The van der Waals surface area contributed by atoms with E-state index < -0.39 is 12.0 Å². The van der Waals surface area contributed by atoms with Crippen LogP contribution in [0.15, 0.2) is 0 Å². The van der Waals surface area contributed by atoms with Crippen LogP contribution in [0, 0.1) is 0 Å². The Hall–Kier alpha value is -0.610. The minimum atomic E-state index is -0.699. The summed E-state index contributed by atoms with van der Waals surface area (Å²) in [6, 6.07) is -1.05. The number of methoxy groups -OCH3 is 1. The first-order valence-electron chi connectivity index (χ1n) is 2.68. The number of carbonyl (C=O) groups excluding carboxylic acids is 1. The zero-order valence-corrected chi connectivity index (χ0v) is 5.63. The fraction of sp³-hybridized carbons (Fsp3) is 0.800. The van der Waals surface area contributed by atoms with E-state index in [9.17, 15) is 4.79 Å². The number of ether oxygens (including phenoxy) is 1. The smallest absolute Gasteiger partial charge is 0.324 e. The van der Waals surface area contributed by atoms with E-state index in [4.69, 9.17) is 11.5 Å². The van der Waals surface area contributed by atoms with Crippen molar-refractivity contribution in [1.82, 2.24) is 0 Å². The van der Waals surface area contributed by atoms with Crippen LogP contribution in [0.1, 0.15) is 6.92 Å². The lowest BCUT2D eigenvalue weighted by Gasteiger charge is -2.11. The summed E-state index contributed by atoms with van der Waals surface area (Å²) in [4.78, 5) is 10.5. The molecule has 0 radical (unpaired) electrons. The van der Waals surface area contributed by atoms with Crippen LogP contribution in [0.5, 0.6) is 0 Å². The van der Waals surface area contributed by atoms with E-state index in [0.717, 1.165) is 0 Å². The topological polar surface area (TPSA) is 78.3 Å². The highest BCUT2D eigenvalue weighted by molar-refractivity contribution is 5.76. The van der Waals surface area contributed by atoms with Crippen LogP contribution < -0.4 is 11.5 Å². The molecule has 0 rings (SSSR count). The van der Waals surface area contributed by atoms with Gasteiger partial charge in [-0.05, 0) is 6.92 Å². The zero-order chi connectivity index (χ0) is 7.44. The second-order valence-electron chi connectivity index (χ2n) is 1.91. The third kappa shape index (κ3) is 2.43. The molecule has 0 spiro atoms. The van der Waals surface area contributed by atoms with Gasteiger partial charge in [-0.2, -0.15) is 0 Å². The van der Waals surface area contributed by atoms with Crippen LogP contribution >= 0.6 is 0 Å². The summed E-state index contributed by atoms with van der Waals surface area (Å²) in [7, 11) is 1.28. The zero-order valence-electron chi connectivity index (χ0n) is 5.63. The van der Waals surface area contributed by atoms with E-state index >= 15 is 0 Å². The summed E-state index contributed by atoms with van der Waals surface area (Å²) >= 11 is 0. The van der Waals surface area contributed by atoms with Gasteiger partial charge in [0.15, 0.2) is 0 Å². The molecule has 0 unspecified atom stereocenters. The lowest BCUT2D eigenvalue weighted by molar-refractivity contribution is -0.142. The van der Waals surface area contributed by atoms with Gasteiger partial charge in [0.05, 0.1) is 7.11 Å². The third-order valence-electron chi connectivity index (χ3n) is 1.04. The van der Waals surface area contributed by atoms with Gasteiger partial charge in [-0.25, -0.2) is 0 Å². The average Bonchev–Trinajstić information content (AvgIpc) is 1.84. The molecule has 0 saturated heterocycles. The highest BCUT2D eigenvalue weighted by Crippen LogP contribution is 1.86. The molecule has 0 aromatic rings. The first-order chi connectivity index (χ1) is 4.09. The monoisotopic (exact) mass is 132 g/mol. The molecule has 0 aliphatic carbocycles. The molecular weight excluding hydrogens is 120 g/mol. The lowest BCUT2D eigenvalue weighted by Crippen LogP contribution is -2.45. The molecule has 4 nitrogen and oxygen atoms in total. The molecule has 9 heavy (non-hydrogen) atoms. The van der Waals surface area contributed by atoms with Crippen molar-refractivity contribution in [3.05, 3.63) is 0 Å². The summed E-state index contributed by atoms with van der Waals surface area (Å²) < 4.78 is 4.33. The summed E-state index contributed by atoms with van der Waals surface area (Å²) in [5.74, 6) is -0.468. The molecule has 0 aromatic carbocycles. The normalized spacial score (nSPS) is 16.4. The maximum absolute atomic E-state index is 10.5. The molecular formula is C5H12N2O2. The van der Waals surface area contributed by atoms with Gasteiger partial charge in [-0.3, -0.25) is 4.79 Å². The van der Waals surface area contributed by atoms with Crippen molar-refractivity contribution in [3.8, 4) is 0 Å². The summed E-state index contributed by atoms with van der Waals surface area (Å²) in [5.41, 5.74) is 10.6. The van der Waals surface area contributed by atoms with Crippen LogP contribution in [-0.2, 0) is 9.53 Å². The number of rotatable bonds is 2. The summed E-state index contributed by atoms with van der Waals surface area (Å²) in [5, 5.41) is 0. The van der Waals surface area contributed by atoms with Gasteiger partial charge in [-0.1, -0.05) is 0 Å². The van der Waals surface area contributed by atoms with Crippen LogP contribution in [-0.4, -0.2) is 25.2 Å². The van der Waals surface area contributed by atoms with Gasteiger partial charge in [0.2, 0.25) is 0 Å². The van der Waals surface area contributed by atoms with Crippen LogP contribution in [0.25, 0.3) is 0 Å². The van der Waals surface area contributed by atoms with E-state index in [1.807, 2.05) is 0 Å². The quantitative estimate of drug-likeness (QED) is 0.464. The molecule has 4 heteroatoms. The molecule has 0 aliphatic heterocycles. The second kappa shape index (κ2) is 3.42. The van der Waals surface area contributed by atoms with Crippen molar-refractivity contribution in [2.75, 3.05) is 7.11 Å². The minimum Gasteiger partial charge on any atom is -0.468 e. The number of hydrogen-bond donors (Lipinski definition) is 2. The molecule has 54 valence electrons. The largest absolute Gasteiger partial charge is 0.468 e. The van der Waals surface area contributed by atoms with Crippen molar-refractivity contribution >= 4 is 5.97 Å². The molecule has 0 aliphatic rings. The van der Waals surface area contributed by atoms with Gasteiger partial charge in [-0.15, -0.1) is 0 Å². The van der Waals surface area contributed by atoms with E-state index in [0.29, 0.717) is 0 Å². The van der Waals surface area contributed by atoms with E-state index in [2.05, 4.69) is 4.74 Å². The number of nitrogens with two attached hydrogens (primary N) is 2. The Kier molecular flexibility index (Phi) is 3.19. The van der Waals surface area contributed by atoms with Crippen LogP contribution in [0.3, 0.4) is 0 Å². The Morgan fingerprint density at radius 1 is 1.56 bits per heavy atom. The Bertz CT molecular complexity index is 103. The molecule has 0 fully saturated rings. The SMILES string of the molecule is COC(=O)[C@@H](N)[C@H](C)N. The van der Waals surface area contributed by atoms with E-state index in [1.54, 1.807) is 6.92 Å². The lowest BCUT2D eigenvalue weighted by atomic mass is 10.2. The van der Waals surface area contributed by atoms with Gasteiger partial charge >= 0.3 is 5.97 Å². The second-order valence-corrected chi connectivity index (χ2v) is 1.91. The van der Waals surface area contributed by atoms with Gasteiger partial charge in [0, 0.05) is 6.04 Å². The first-order valence-corrected chi connectivity index (χ1v) is 2.68. The van der Waals surface area contributed by atoms with Crippen molar-refractivity contribution in [3.63, 3.8) is 0 Å². The fourth-order valence-electron chi connectivity index (χ4n) is 0.351. The average molecular weight is 132 g/mol. The highest BCUT2D eigenvalue weighted by atomic mass is 16.5. The molecule has 2 atom stereocenters. The third-order valence-corrected chi connectivity index (χ3v) is 1.04. The first kappa shape index (κ1) is 8.39. The van der Waals surface area contributed by atoms with E-state index in [1.165, 1.54) is 7.11 Å². The highest BCUT2D eigenvalue weighted by Gasteiger charge is 2.17. The van der Waals surface area contributed by atoms with Crippen molar-refractivity contribution in [2.45, 2.75) is 19.0 Å². The van der Waals surface area contributed by atoms with Gasteiger partial charge in [0.25, 0.3) is 0 Å². The molecule has 0 saturated carbocycles. The molecule has 0 aromatic heterocycles.